The summed E-state index contributed by atoms with van der Waals surface area (Å²) in [5, 5.41) is 4.83. The van der Waals surface area contributed by atoms with E-state index in [1.165, 1.54) is 0 Å². The molecule has 2 heterocycles. The quantitative estimate of drug-likeness (QED) is 0.633. The first-order valence-corrected chi connectivity index (χ1v) is 7.39. The molecule has 0 aliphatic heterocycles. The molecular weight excluding hydrogens is 354 g/mol. The van der Waals surface area contributed by atoms with Crippen molar-refractivity contribution >= 4 is 27.5 Å². The summed E-state index contributed by atoms with van der Waals surface area (Å²) in [5.41, 5.74) is 1.89. The monoisotopic (exact) mass is 363 g/mol. The maximum atomic E-state index is 5.89. The molecule has 0 aliphatic carbocycles. The van der Waals surface area contributed by atoms with Crippen LogP contribution in [-0.2, 0) is 7.05 Å². The van der Waals surface area contributed by atoms with E-state index >= 15 is 0 Å². The molecule has 0 amide bonds. The van der Waals surface area contributed by atoms with Gasteiger partial charge in [0.2, 0.25) is 5.88 Å². The minimum atomic E-state index is 0.374. The molecule has 1 aromatic carbocycles. The van der Waals surface area contributed by atoms with Gasteiger partial charge < -0.3 is 4.74 Å². The Labute approximate surface area is 135 Å². The van der Waals surface area contributed by atoms with Gasteiger partial charge in [0.1, 0.15) is 10.9 Å². The van der Waals surface area contributed by atoms with Gasteiger partial charge in [0, 0.05) is 30.9 Å². The number of hydrogen-bond acceptors (Lipinski definition) is 3. The number of benzene rings is 1. The van der Waals surface area contributed by atoms with Crippen LogP contribution >= 0.6 is 27.5 Å². The van der Waals surface area contributed by atoms with Crippen LogP contribution in [0.1, 0.15) is 0 Å². The molecule has 0 spiro atoms. The van der Waals surface area contributed by atoms with Gasteiger partial charge in [-0.05, 0) is 15.9 Å². The van der Waals surface area contributed by atoms with Crippen molar-refractivity contribution in [1.82, 2.24) is 14.8 Å². The van der Waals surface area contributed by atoms with Gasteiger partial charge in [0.25, 0.3) is 0 Å². The summed E-state index contributed by atoms with van der Waals surface area (Å²) >= 11 is 9.28. The maximum absolute atomic E-state index is 5.89. The van der Waals surface area contributed by atoms with Crippen LogP contribution in [0, 0.1) is 0 Å². The average Bonchev–Trinajstić information content (AvgIpc) is 2.85. The molecular formula is C15H11BrClN3O. The fraction of sp³-hybridized carbons (Fsp3) is 0.0667. The Morgan fingerprint density at radius 1 is 1.19 bits per heavy atom. The number of aromatic nitrogens is 3. The number of aryl methyl sites for hydroxylation is 1. The SMILES string of the molecule is Cn1nc(-c2ccccc2)cc1Oc1cc(Cl)ncc1Br. The third kappa shape index (κ3) is 3.09. The maximum Gasteiger partial charge on any atom is 0.218 e. The molecule has 0 N–H and O–H groups in total. The topological polar surface area (TPSA) is 39.9 Å². The van der Waals surface area contributed by atoms with Crippen LogP contribution in [0.2, 0.25) is 5.15 Å². The molecule has 3 aromatic rings. The molecule has 3 rings (SSSR count). The summed E-state index contributed by atoms with van der Waals surface area (Å²) in [5.74, 6) is 1.22. The fourth-order valence-electron chi connectivity index (χ4n) is 1.88. The highest BCUT2D eigenvalue weighted by atomic mass is 79.9. The van der Waals surface area contributed by atoms with Crippen molar-refractivity contribution in [3.05, 3.63) is 58.3 Å². The van der Waals surface area contributed by atoms with Gasteiger partial charge in [-0.3, -0.25) is 0 Å². The van der Waals surface area contributed by atoms with E-state index < -0.39 is 0 Å². The third-order valence-corrected chi connectivity index (χ3v) is 3.71. The van der Waals surface area contributed by atoms with Crippen LogP contribution in [0.15, 0.2) is 53.1 Å². The lowest BCUT2D eigenvalue weighted by atomic mass is 10.2. The number of pyridine rings is 1. The van der Waals surface area contributed by atoms with Crippen LogP contribution in [0.4, 0.5) is 0 Å². The number of halogens is 2. The lowest BCUT2D eigenvalue weighted by molar-refractivity contribution is 0.428. The van der Waals surface area contributed by atoms with Crippen LogP contribution in [-0.4, -0.2) is 14.8 Å². The zero-order valence-corrected chi connectivity index (χ0v) is 13.5. The summed E-state index contributed by atoms with van der Waals surface area (Å²) < 4.78 is 8.27. The average molecular weight is 365 g/mol. The van der Waals surface area contributed by atoms with E-state index in [-0.39, 0.29) is 0 Å². The molecule has 0 fully saturated rings. The first-order valence-electron chi connectivity index (χ1n) is 6.22. The Hall–Kier alpha value is -1.85. The molecule has 6 heteroatoms. The summed E-state index contributed by atoms with van der Waals surface area (Å²) in [6.07, 6.45) is 1.60. The second-order valence-corrected chi connectivity index (χ2v) is 5.64. The Morgan fingerprint density at radius 3 is 2.71 bits per heavy atom. The van der Waals surface area contributed by atoms with Gasteiger partial charge >= 0.3 is 0 Å². The van der Waals surface area contributed by atoms with Crippen molar-refractivity contribution in [3.63, 3.8) is 0 Å². The molecule has 0 aliphatic rings. The Balaban J connectivity index is 1.93. The second kappa shape index (κ2) is 5.87. The molecule has 106 valence electrons. The van der Waals surface area contributed by atoms with E-state index in [2.05, 4.69) is 26.0 Å². The van der Waals surface area contributed by atoms with Crippen molar-refractivity contribution in [2.45, 2.75) is 0 Å². The van der Waals surface area contributed by atoms with E-state index in [1.807, 2.05) is 43.4 Å². The predicted octanol–water partition coefficient (Wildman–Crippen LogP) is 4.69. The van der Waals surface area contributed by atoms with Gasteiger partial charge in [-0.15, -0.1) is 0 Å². The molecule has 0 saturated heterocycles. The van der Waals surface area contributed by atoms with E-state index in [0.717, 1.165) is 15.7 Å². The van der Waals surface area contributed by atoms with Crippen LogP contribution in [0.5, 0.6) is 11.6 Å². The zero-order valence-electron chi connectivity index (χ0n) is 11.1. The summed E-state index contributed by atoms with van der Waals surface area (Å²) in [6.45, 7) is 0. The van der Waals surface area contributed by atoms with Gasteiger partial charge in [0.05, 0.1) is 10.2 Å². The molecule has 0 radical (unpaired) electrons. The second-order valence-electron chi connectivity index (χ2n) is 4.40. The lowest BCUT2D eigenvalue weighted by Gasteiger charge is -2.06. The first kappa shape index (κ1) is 14.1. The largest absolute Gasteiger partial charge is 0.438 e. The number of rotatable bonds is 3. The van der Waals surface area contributed by atoms with Gasteiger partial charge in [-0.2, -0.15) is 5.10 Å². The lowest BCUT2D eigenvalue weighted by Crippen LogP contribution is -1.96. The first-order chi connectivity index (χ1) is 10.1. The number of ether oxygens (including phenoxy) is 1. The molecule has 0 unspecified atom stereocenters. The third-order valence-electron chi connectivity index (χ3n) is 2.91. The Bertz CT molecular complexity index is 774. The van der Waals surface area contributed by atoms with Gasteiger partial charge in [0.15, 0.2) is 0 Å². The normalized spacial score (nSPS) is 10.6. The standard InChI is InChI=1S/C15H11BrClN3O/c1-20-15(21-13-8-14(17)18-9-11(13)16)7-12(19-20)10-5-3-2-4-6-10/h2-9H,1H3. The number of hydrogen-bond donors (Lipinski definition) is 0. The summed E-state index contributed by atoms with van der Waals surface area (Å²) in [6, 6.07) is 13.5. The molecule has 4 nitrogen and oxygen atoms in total. The summed E-state index contributed by atoms with van der Waals surface area (Å²) in [4.78, 5) is 3.97. The molecule has 21 heavy (non-hydrogen) atoms. The molecule has 0 atom stereocenters. The van der Waals surface area contributed by atoms with Crippen molar-refractivity contribution in [2.75, 3.05) is 0 Å². The minimum absolute atomic E-state index is 0.374. The molecule has 2 aromatic heterocycles. The Kier molecular flexibility index (Phi) is 3.94. The highest BCUT2D eigenvalue weighted by Crippen LogP contribution is 2.32. The van der Waals surface area contributed by atoms with Crippen molar-refractivity contribution in [2.24, 2.45) is 7.05 Å². The highest BCUT2D eigenvalue weighted by molar-refractivity contribution is 9.10. The summed E-state index contributed by atoms with van der Waals surface area (Å²) in [7, 11) is 1.83. The van der Waals surface area contributed by atoms with E-state index in [9.17, 15) is 0 Å². The van der Waals surface area contributed by atoms with Crippen molar-refractivity contribution in [3.8, 4) is 22.9 Å². The predicted molar refractivity (Wildman–Crippen MR) is 85.7 cm³/mol. The highest BCUT2D eigenvalue weighted by Gasteiger charge is 2.11. The van der Waals surface area contributed by atoms with Crippen LogP contribution in [0.3, 0.4) is 0 Å². The van der Waals surface area contributed by atoms with Gasteiger partial charge in [-0.1, -0.05) is 41.9 Å². The van der Waals surface area contributed by atoms with E-state index in [0.29, 0.717) is 16.8 Å². The van der Waals surface area contributed by atoms with Crippen LogP contribution in [0.25, 0.3) is 11.3 Å². The van der Waals surface area contributed by atoms with Crippen LogP contribution < -0.4 is 4.74 Å². The van der Waals surface area contributed by atoms with E-state index in [1.54, 1.807) is 16.9 Å². The number of nitrogens with zero attached hydrogens (tertiary/aromatic N) is 3. The van der Waals surface area contributed by atoms with E-state index in [4.69, 9.17) is 16.3 Å². The van der Waals surface area contributed by atoms with Gasteiger partial charge in [-0.25, -0.2) is 9.67 Å². The Morgan fingerprint density at radius 2 is 1.95 bits per heavy atom. The zero-order chi connectivity index (χ0) is 14.8. The van der Waals surface area contributed by atoms with Crippen molar-refractivity contribution in [1.29, 1.82) is 0 Å². The smallest absolute Gasteiger partial charge is 0.218 e. The molecule has 0 saturated carbocycles. The minimum Gasteiger partial charge on any atom is -0.438 e. The van der Waals surface area contributed by atoms with Crippen molar-refractivity contribution < 1.29 is 4.74 Å². The molecule has 0 bridgehead atoms. The fourth-order valence-corrected chi connectivity index (χ4v) is 2.33.